The number of ether oxygens (including phenoxy) is 1. The van der Waals surface area contributed by atoms with E-state index < -0.39 is 0 Å². The second-order valence-electron chi connectivity index (χ2n) is 13.7. The summed E-state index contributed by atoms with van der Waals surface area (Å²) in [5.74, 6) is 7.14. The van der Waals surface area contributed by atoms with Gasteiger partial charge in [0.25, 0.3) is 0 Å². The summed E-state index contributed by atoms with van der Waals surface area (Å²) in [5, 5.41) is 3.92. The maximum atomic E-state index is 7.05. The monoisotopic (exact) mass is 413 g/mol. The standard InChI is InChI=1S/C28H47NO/c1-17-8-11-26(4)20(14-17)6-7-21-22(26)10-12-27(5)23(21)15-24-25(27)19(3)28(30-24)13-9-18(2)16-29-28/h17-25,29H,6-16H2,1-5H3/t17?,18-,19+,20+,21+,22+,23+,24+,25+,26+,27+,28-/m1/s1. The predicted octanol–water partition coefficient (Wildman–Crippen LogP) is 6.64. The molecule has 2 nitrogen and oxygen atoms in total. The van der Waals surface area contributed by atoms with Gasteiger partial charge in [0.05, 0.1) is 6.10 Å². The van der Waals surface area contributed by atoms with Gasteiger partial charge in [-0.15, -0.1) is 0 Å². The van der Waals surface area contributed by atoms with Crippen LogP contribution in [0.4, 0.5) is 0 Å². The van der Waals surface area contributed by atoms with Gasteiger partial charge in [-0.05, 0) is 110 Å². The molecule has 1 unspecified atom stereocenters. The molecule has 6 aliphatic rings. The Morgan fingerprint density at radius 2 is 1.53 bits per heavy atom. The van der Waals surface area contributed by atoms with E-state index in [0.29, 0.717) is 22.9 Å². The lowest BCUT2D eigenvalue weighted by Crippen LogP contribution is -2.57. The van der Waals surface area contributed by atoms with Crippen molar-refractivity contribution in [2.75, 3.05) is 6.54 Å². The first-order valence-electron chi connectivity index (χ1n) is 13.7. The van der Waals surface area contributed by atoms with Gasteiger partial charge in [-0.25, -0.2) is 0 Å². The molecule has 4 saturated carbocycles. The summed E-state index contributed by atoms with van der Waals surface area (Å²) in [4.78, 5) is 0. The Hall–Kier alpha value is -0.0800. The molecule has 30 heavy (non-hydrogen) atoms. The zero-order chi connectivity index (χ0) is 20.9. The van der Waals surface area contributed by atoms with Crippen LogP contribution in [-0.2, 0) is 4.74 Å². The van der Waals surface area contributed by atoms with Crippen molar-refractivity contribution in [1.82, 2.24) is 5.32 Å². The van der Waals surface area contributed by atoms with E-state index in [4.69, 9.17) is 4.74 Å². The van der Waals surface area contributed by atoms with Crippen LogP contribution < -0.4 is 5.32 Å². The highest BCUT2D eigenvalue weighted by atomic mass is 16.5. The van der Waals surface area contributed by atoms with Crippen LogP contribution in [-0.4, -0.2) is 18.4 Å². The topological polar surface area (TPSA) is 21.3 Å². The zero-order valence-corrected chi connectivity index (χ0v) is 20.4. The number of nitrogens with one attached hydrogen (secondary N) is 1. The van der Waals surface area contributed by atoms with E-state index in [1.54, 1.807) is 0 Å². The van der Waals surface area contributed by atoms with Gasteiger partial charge >= 0.3 is 0 Å². The van der Waals surface area contributed by atoms with E-state index in [1.165, 1.54) is 64.2 Å². The van der Waals surface area contributed by atoms with Gasteiger partial charge in [0, 0.05) is 12.5 Å². The predicted molar refractivity (Wildman–Crippen MR) is 123 cm³/mol. The molecule has 1 N–H and O–H groups in total. The highest BCUT2D eigenvalue weighted by Gasteiger charge is 2.68. The van der Waals surface area contributed by atoms with E-state index in [2.05, 4.69) is 39.9 Å². The Morgan fingerprint density at radius 1 is 0.767 bits per heavy atom. The molecule has 1 spiro atoms. The summed E-state index contributed by atoms with van der Waals surface area (Å²) in [6.07, 6.45) is 15.0. The lowest BCUT2D eigenvalue weighted by Gasteiger charge is -2.61. The van der Waals surface area contributed by atoms with Gasteiger partial charge in [-0.1, -0.05) is 41.0 Å². The number of fused-ring (bicyclic) bond motifs is 7. The van der Waals surface area contributed by atoms with Gasteiger partial charge in [0.1, 0.15) is 5.72 Å². The fourth-order valence-corrected chi connectivity index (χ4v) is 10.7. The molecular formula is C28H47NO. The SMILES string of the molecule is CC1CC[C@@]2(C)[C@@H](CC[C@H]3[C@@H]2CC[C@]2(C)[C@@H]4[C@H](C[C@@H]32)O[C@]2(CC[C@@H](C)CN2)[C@H]4C)C1. The van der Waals surface area contributed by atoms with Gasteiger partial charge < -0.3 is 4.74 Å². The van der Waals surface area contributed by atoms with Crippen LogP contribution in [0.15, 0.2) is 0 Å². The molecule has 0 bridgehead atoms. The Kier molecular flexibility index (Phi) is 4.60. The molecule has 6 fully saturated rings. The second-order valence-corrected chi connectivity index (χ2v) is 13.7. The molecule has 2 saturated heterocycles. The third-order valence-corrected chi connectivity index (χ3v) is 12.4. The summed E-state index contributed by atoms with van der Waals surface area (Å²) >= 11 is 0. The summed E-state index contributed by atoms with van der Waals surface area (Å²) in [5.41, 5.74) is 1.16. The first-order chi connectivity index (χ1) is 14.3. The van der Waals surface area contributed by atoms with Crippen LogP contribution in [0.2, 0.25) is 0 Å². The molecule has 6 rings (SSSR count). The van der Waals surface area contributed by atoms with E-state index >= 15 is 0 Å². The average Bonchev–Trinajstić information content (AvgIpc) is 3.16. The molecule has 2 heterocycles. The Bertz CT molecular complexity index is 682. The molecule has 12 atom stereocenters. The van der Waals surface area contributed by atoms with Gasteiger partial charge in [-0.3, -0.25) is 5.32 Å². The first-order valence-corrected chi connectivity index (χ1v) is 13.7. The van der Waals surface area contributed by atoms with Crippen LogP contribution in [0.5, 0.6) is 0 Å². The van der Waals surface area contributed by atoms with E-state index in [9.17, 15) is 0 Å². The normalized spacial score (nSPS) is 62.5. The van der Waals surface area contributed by atoms with Crippen molar-refractivity contribution in [1.29, 1.82) is 0 Å². The molecule has 0 aromatic rings. The maximum Gasteiger partial charge on any atom is 0.122 e. The minimum Gasteiger partial charge on any atom is -0.357 e. The van der Waals surface area contributed by atoms with Gasteiger partial charge in [0.2, 0.25) is 0 Å². The second kappa shape index (κ2) is 6.72. The third kappa shape index (κ3) is 2.62. The Morgan fingerprint density at radius 3 is 2.30 bits per heavy atom. The van der Waals surface area contributed by atoms with Crippen LogP contribution in [0.3, 0.4) is 0 Å². The first kappa shape index (κ1) is 20.5. The fraction of sp³-hybridized carbons (Fsp3) is 1.00. The largest absolute Gasteiger partial charge is 0.357 e. The molecule has 0 aromatic heterocycles. The van der Waals surface area contributed by atoms with Crippen molar-refractivity contribution in [2.24, 2.45) is 58.2 Å². The fourth-order valence-electron chi connectivity index (χ4n) is 10.7. The van der Waals surface area contributed by atoms with Crippen molar-refractivity contribution in [3.8, 4) is 0 Å². The van der Waals surface area contributed by atoms with Crippen molar-refractivity contribution in [2.45, 2.75) is 111 Å². The van der Waals surface area contributed by atoms with Gasteiger partial charge in [0.15, 0.2) is 0 Å². The lowest BCUT2D eigenvalue weighted by molar-refractivity contribution is -0.135. The third-order valence-electron chi connectivity index (χ3n) is 12.4. The van der Waals surface area contributed by atoms with Crippen LogP contribution in [0, 0.1) is 58.2 Å². The number of piperidine rings is 1. The molecule has 0 amide bonds. The van der Waals surface area contributed by atoms with E-state index in [1.807, 2.05) is 0 Å². The smallest absolute Gasteiger partial charge is 0.122 e. The van der Waals surface area contributed by atoms with Crippen molar-refractivity contribution in [3.63, 3.8) is 0 Å². The highest BCUT2D eigenvalue weighted by molar-refractivity contribution is 5.16. The molecule has 170 valence electrons. The van der Waals surface area contributed by atoms with Crippen molar-refractivity contribution < 1.29 is 4.74 Å². The van der Waals surface area contributed by atoms with Crippen LogP contribution >= 0.6 is 0 Å². The Balaban J connectivity index is 1.26. The van der Waals surface area contributed by atoms with E-state index in [0.717, 1.165) is 48.0 Å². The summed E-state index contributed by atoms with van der Waals surface area (Å²) in [6, 6.07) is 0. The molecule has 0 aromatic carbocycles. The summed E-state index contributed by atoms with van der Waals surface area (Å²) in [6.45, 7) is 14.0. The summed E-state index contributed by atoms with van der Waals surface area (Å²) < 4.78 is 7.05. The Labute approximate surface area is 185 Å². The molecule has 2 aliphatic heterocycles. The molecule has 2 heteroatoms. The molecular weight excluding hydrogens is 366 g/mol. The highest BCUT2D eigenvalue weighted by Crippen LogP contribution is 2.71. The van der Waals surface area contributed by atoms with Gasteiger partial charge in [-0.2, -0.15) is 0 Å². The minimum absolute atomic E-state index is 0.00415. The summed E-state index contributed by atoms with van der Waals surface area (Å²) in [7, 11) is 0. The number of hydrogen-bond donors (Lipinski definition) is 1. The molecule has 4 aliphatic carbocycles. The van der Waals surface area contributed by atoms with E-state index in [-0.39, 0.29) is 5.72 Å². The van der Waals surface area contributed by atoms with Crippen molar-refractivity contribution >= 4 is 0 Å². The number of rotatable bonds is 0. The van der Waals surface area contributed by atoms with Crippen LogP contribution in [0.25, 0.3) is 0 Å². The minimum atomic E-state index is -0.00415. The number of hydrogen-bond acceptors (Lipinski definition) is 2. The maximum absolute atomic E-state index is 7.05. The average molecular weight is 414 g/mol. The van der Waals surface area contributed by atoms with Crippen LogP contribution in [0.1, 0.15) is 98.8 Å². The molecule has 0 radical (unpaired) electrons. The van der Waals surface area contributed by atoms with Crippen molar-refractivity contribution in [3.05, 3.63) is 0 Å². The zero-order valence-electron chi connectivity index (χ0n) is 20.4. The lowest BCUT2D eigenvalue weighted by atomic mass is 9.44. The quantitative estimate of drug-likeness (QED) is 0.480.